The highest BCUT2D eigenvalue weighted by Crippen LogP contribution is 2.33. The van der Waals surface area contributed by atoms with Gasteiger partial charge < -0.3 is 10.6 Å². The molecule has 2 amide bonds. The number of fused-ring (bicyclic) bond motifs is 1. The van der Waals surface area contributed by atoms with Gasteiger partial charge in [0.15, 0.2) is 0 Å². The molecule has 1 aromatic carbocycles. The number of benzene rings is 1. The molecule has 2 rings (SSSR count). The average Bonchev–Trinajstić information content (AvgIpc) is 2.48. The topological polar surface area (TPSA) is 44.4 Å². The lowest BCUT2D eigenvalue weighted by molar-refractivity contribution is 0.245. The summed E-state index contributed by atoms with van der Waals surface area (Å²) in [5.74, 6) is 0. The Hall–Kier alpha value is -1.55. The maximum atomic E-state index is 12.3. The number of hydrogen-bond acceptors (Lipinski definition) is 2. The smallest absolute Gasteiger partial charge is 0.321 e. The quantitative estimate of drug-likeness (QED) is 0.811. The van der Waals surface area contributed by atoms with Crippen LogP contribution in [0.5, 0.6) is 0 Å². The molecule has 1 atom stereocenters. The normalized spacial score (nSPS) is 17.7. The molecule has 0 aliphatic carbocycles. The maximum absolute atomic E-state index is 12.3. The molecule has 0 saturated carbocycles. The molecule has 4 nitrogen and oxygen atoms in total. The van der Waals surface area contributed by atoms with E-state index in [1.54, 1.807) is 0 Å². The monoisotopic (exact) mass is 275 g/mol. The van der Waals surface area contributed by atoms with Gasteiger partial charge in [-0.1, -0.05) is 38.5 Å². The Kier molecular flexibility index (Phi) is 5.41. The Morgan fingerprint density at radius 1 is 1.35 bits per heavy atom. The van der Waals surface area contributed by atoms with Crippen molar-refractivity contribution >= 4 is 11.7 Å². The number of carbonyl (C=O) groups is 1. The van der Waals surface area contributed by atoms with E-state index in [0.717, 1.165) is 44.6 Å². The molecular formula is C16H25N3O. The predicted molar refractivity (Wildman–Crippen MR) is 83.1 cm³/mol. The van der Waals surface area contributed by atoms with Crippen molar-refractivity contribution in [3.63, 3.8) is 0 Å². The number of rotatable bonds is 5. The molecule has 0 radical (unpaired) electrons. The van der Waals surface area contributed by atoms with Crippen LogP contribution in [0.3, 0.4) is 0 Å². The van der Waals surface area contributed by atoms with E-state index in [2.05, 4.69) is 30.5 Å². The van der Waals surface area contributed by atoms with Gasteiger partial charge in [0.25, 0.3) is 0 Å². The molecular weight excluding hydrogens is 250 g/mol. The number of hydrogen-bond donors (Lipinski definition) is 2. The highest BCUT2D eigenvalue weighted by molar-refractivity contribution is 5.93. The highest BCUT2D eigenvalue weighted by atomic mass is 16.2. The number of urea groups is 1. The van der Waals surface area contributed by atoms with Gasteiger partial charge in [-0.2, -0.15) is 0 Å². The summed E-state index contributed by atoms with van der Waals surface area (Å²) in [5, 5.41) is 6.50. The van der Waals surface area contributed by atoms with E-state index in [1.165, 1.54) is 5.56 Å². The molecule has 0 saturated heterocycles. The van der Waals surface area contributed by atoms with Gasteiger partial charge >= 0.3 is 6.03 Å². The van der Waals surface area contributed by atoms with E-state index < -0.39 is 0 Å². The lowest BCUT2D eigenvalue weighted by atomic mass is 9.96. The fourth-order valence-electron chi connectivity index (χ4n) is 2.70. The minimum atomic E-state index is 0.0286. The van der Waals surface area contributed by atoms with Crippen LogP contribution in [0.4, 0.5) is 10.5 Å². The van der Waals surface area contributed by atoms with E-state index in [9.17, 15) is 4.79 Å². The van der Waals surface area contributed by atoms with Crippen molar-refractivity contribution in [2.45, 2.75) is 39.2 Å². The number of anilines is 1. The summed E-state index contributed by atoms with van der Waals surface area (Å²) in [6.45, 7) is 6.72. The molecule has 4 heteroatoms. The van der Waals surface area contributed by atoms with Crippen LogP contribution in [-0.2, 0) is 0 Å². The fraction of sp³-hybridized carbons (Fsp3) is 0.562. The van der Waals surface area contributed by atoms with Crippen LogP contribution >= 0.6 is 0 Å². The second-order valence-electron chi connectivity index (χ2n) is 5.19. The summed E-state index contributed by atoms with van der Waals surface area (Å²) in [6, 6.07) is 8.59. The zero-order valence-electron chi connectivity index (χ0n) is 12.5. The van der Waals surface area contributed by atoms with E-state index >= 15 is 0 Å². The first-order valence-electron chi connectivity index (χ1n) is 7.65. The molecule has 1 aromatic rings. The number of unbranched alkanes of at least 4 members (excludes halogenated alkanes) is 1. The van der Waals surface area contributed by atoms with E-state index in [-0.39, 0.29) is 6.03 Å². The van der Waals surface area contributed by atoms with E-state index in [0.29, 0.717) is 6.04 Å². The van der Waals surface area contributed by atoms with Crippen LogP contribution in [0.2, 0.25) is 0 Å². The van der Waals surface area contributed by atoms with Crippen molar-refractivity contribution < 1.29 is 4.79 Å². The number of nitrogens with one attached hydrogen (secondary N) is 2. The first-order valence-corrected chi connectivity index (χ1v) is 7.65. The van der Waals surface area contributed by atoms with Crippen molar-refractivity contribution in [2.75, 3.05) is 24.5 Å². The van der Waals surface area contributed by atoms with Gasteiger partial charge in [-0.3, -0.25) is 4.90 Å². The maximum Gasteiger partial charge on any atom is 0.321 e. The molecule has 1 aliphatic heterocycles. The first kappa shape index (κ1) is 14.9. The Morgan fingerprint density at radius 2 is 2.15 bits per heavy atom. The minimum Gasteiger partial charge on any atom is -0.338 e. The Bertz CT molecular complexity index is 447. The van der Waals surface area contributed by atoms with Crippen molar-refractivity contribution in [1.82, 2.24) is 10.6 Å². The summed E-state index contributed by atoms with van der Waals surface area (Å²) in [7, 11) is 0. The third kappa shape index (κ3) is 3.31. The summed E-state index contributed by atoms with van der Waals surface area (Å²) < 4.78 is 0. The van der Waals surface area contributed by atoms with Gasteiger partial charge in [0.2, 0.25) is 0 Å². The van der Waals surface area contributed by atoms with Gasteiger partial charge in [-0.25, -0.2) is 4.79 Å². The summed E-state index contributed by atoms with van der Waals surface area (Å²) >= 11 is 0. The van der Waals surface area contributed by atoms with Crippen LogP contribution < -0.4 is 15.5 Å². The van der Waals surface area contributed by atoms with Gasteiger partial charge in [-0.05, 0) is 31.0 Å². The third-order valence-electron chi connectivity index (χ3n) is 3.75. The van der Waals surface area contributed by atoms with Crippen molar-refractivity contribution in [3.8, 4) is 0 Å². The van der Waals surface area contributed by atoms with Gasteiger partial charge in [0.05, 0.1) is 5.69 Å². The Balaban J connectivity index is 2.12. The number of para-hydroxylation sites is 1. The zero-order chi connectivity index (χ0) is 14.4. The van der Waals surface area contributed by atoms with Crippen molar-refractivity contribution in [3.05, 3.63) is 29.8 Å². The lowest BCUT2D eigenvalue weighted by Gasteiger charge is -2.34. The molecule has 20 heavy (non-hydrogen) atoms. The largest absolute Gasteiger partial charge is 0.338 e. The van der Waals surface area contributed by atoms with Gasteiger partial charge in [0.1, 0.15) is 0 Å². The second-order valence-corrected chi connectivity index (χ2v) is 5.19. The predicted octanol–water partition coefficient (Wildman–Crippen LogP) is 3.06. The number of nitrogens with zero attached hydrogens (tertiary/aromatic N) is 1. The molecule has 1 aliphatic rings. The van der Waals surface area contributed by atoms with Crippen LogP contribution in [0.15, 0.2) is 24.3 Å². The standard InChI is InChI=1S/C16H25N3O/c1-3-5-11-18-16(20)19-12-10-14(17-4-2)13-8-6-7-9-15(13)19/h6-9,14,17H,3-5,10-12H2,1-2H3,(H,18,20). The molecule has 110 valence electrons. The summed E-state index contributed by atoms with van der Waals surface area (Å²) in [5.41, 5.74) is 2.27. The van der Waals surface area contributed by atoms with E-state index in [1.807, 2.05) is 23.1 Å². The summed E-state index contributed by atoms with van der Waals surface area (Å²) in [4.78, 5) is 14.2. The molecule has 1 heterocycles. The summed E-state index contributed by atoms with van der Waals surface area (Å²) in [6.07, 6.45) is 3.09. The van der Waals surface area contributed by atoms with Crippen LogP contribution in [0.1, 0.15) is 44.7 Å². The second kappa shape index (κ2) is 7.29. The number of amides is 2. The molecule has 1 unspecified atom stereocenters. The molecule has 2 N–H and O–H groups in total. The zero-order valence-corrected chi connectivity index (χ0v) is 12.5. The Morgan fingerprint density at radius 3 is 2.90 bits per heavy atom. The van der Waals surface area contributed by atoms with E-state index in [4.69, 9.17) is 0 Å². The van der Waals surface area contributed by atoms with Gasteiger partial charge in [0, 0.05) is 19.1 Å². The SMILES string of the molecule is CCCCNC(=O)N1CCC(NCC)c2ccccc21. The molecule has 0 spiro atoms. The lowest BCUT2D eigenvalue weighted by Crippen LogP contribution is -2.45. The van der Waals surface area contributed by atoms with Gasteiger partial charge in [-0.15, -0.1) is 0 Å². The van der Waals surface area contributed by atoms with Crippen LogP contribution in [0.25, 0.3) is 0 Å². The number of carbonyl (C=O) groups excluding carboxylic acids is 1. The minimum absolute atomic E-state index is 0.0286. The molecule has 0 fully saturated rings. The molecule has 0 bridgehead atoms. The van der Waals surface area contributed by atoms with Crippen molar-refractivity contribution in [2.24, 2.45) is 0 Å². The first-order chi connectivity index (χ1) is 9.77. The third-order valence-corrected chi connectivity index (χ3v) is 3.75. The average molecular weight is 275 g/mol. The fourth-order valence-corrected chi connectivity index (χ4v) is 2.70. The van der Waals surface area contributed by atoms with Crippen molar-refractivity contribution in [1.29, 1.82) is 0 Å². The Labute approximate surface area is 121 Å². The molecule has 0 aromatic heterocycles. The van der Waals surface area contributed by atoms with Crippen LogP contribution in [0, 0.1) is 0 Å². The highest BCUT2D eigenvalue weighted by Gasteiger charge is 2.27. The van der Waals surface area contributed by atoms with Crippen LogP contribution in [-0.4, -0.2) is 25.7 Å².